The number of primary amides is 1. The molecule has 0 saturated heterocycles. The number of nitrogens with one attached hydrogen (secondary N) is 1. The second-order valence-corrected chi connectivity index (χ2v) is 6.62. The van der Waals surface area contributed by atoms with Crippen molar-refractivity contribution in [1.82, 2.24) is 10.2 Å². The number of rotatable bonds is 10. The first kappa shape index (κ1) is 14.8. The second-order valence-electron chi connectivity index (χ2n) is 6.62. The topological polar surface area (TPSA) is 58.4 Å². The zero-order chi connectivity index (χ0) is 13.9. The molecule has 2 fully saturated rings. The van der Waals surface area contributed by atoms with Crippen LogP contribution in [-0.4, -0.2) is 42.5 Å². The number of carbonyl (C=O) groups excluding carboxylic acids is 1. The van der Waals surface area contributed by atoms with Gasteiger partial charge in [0.25, 0.3) is 0 Å². The van der Waals surface area contributed by atoms with Crippen LogP contribution in [-0.2, 0) is 4.79 Å². The molecule has 0 bridgehead atoms. The summed E-state index contributed by atoms with van der Waals surface area (Å²) in [4.78, 5) is 14.2. The highest BCUT2D eigenvalue weighted by atomic mass is 16.1. The van der Waals surface area contributed by atoms with Crippen LogP contribution in [0, 0.1) is 11.8 Å². The monoisotopic (exact) mass is 267 g/mol. The lowest BCUT2D eigenvalue weighted by atomic mass is 9.96. The van der Waals surface area contributed by atoms with E-state index in [-0.39, 0.29) is 5.91 Å². The van der Waals surface area contributed by atoms with Crippen molar-refractivity contribution >= 4 is 5.91 Å². The summed E-state index contributed by atoms with van der Waals surface area (Å²) in [5.41, 5.74) is 5.00. The van der Waals surface area contributed by atoms with Crippen molar-refractivity contribution in [3.8, 4) is 0 Å². The van der Waals surface area contributed by atoms with Gasteiger partial charge in [-0.2, -0.15) is 0 Å². The van der Waals surface area contributed by atoms with Gasteiger partial charge < -0.3 is 16.0 Å². The third kappa shape index (κ3) is 4.77. The predicted molar refractivity (Wildman–Crippen MR) is 77.8 cm³/mol. The largest absolute Gasteiger partial charge is 0.368 e. The molecule has 2 saturated carbocycles. The third-order valence-corrected chi connectivity index (χ3v) is 4.47. The average Bonchev–Trinajstić information content (AvgIpc) is 3.21. The molecule has 0 aromatic carbocycles. The van der Waals surface area contributed by atoms with Gasteiger partial charge in [0.1, 0.15) is 0 Å². The molecule has 4 nitrogen and oxygen atoms in total. The number of amides is 1. The highest BCUT2D eigenvalue weighted by Gasteiger charge is 2.33. The van der Waals surface area contributed by atoms with Gasteiger partial charge in [0.05, 0.1) is 5.54 Å². The molecule has 1 atom stereocenters. The Morgan fingerprint density at radius 3 is 2.16 bits per heavy atom. The summed E-state index contributed by atoms with van der Waals surface area (Å²) in [5, 5.41) is 3.25. The van der Waals surface area contributed by atoms with E-state index in [1.54, 1.807) is 0 Å². The van der Waals surface area contributed by atoms with E-state index in [0.717, 1.165) is 31.3 Å². The molecule has 4 heteroatoms. The normalized spacial score (nSPS) is 22.5. The lowest BCUT2D eigenvalue weighted by molar-refractivity contribution is -0.124. The fourth-order valence-corrected chi connectivity index (χ4v) is 2.66. The van der Waals surface area contributed by atoms with Crippen LogP contribution in [0.4, 0.5) is 0 Å². The van der Waals surface area contributed by atoms with E-state index in [1.807, 2.05) is 13.8 Å². The second kappa shape index (κ2) is 6.23. The molecule has 0 aliphatic heterocycles. The molecule has 1 amide bonds. The molecule has 3 N–H and O–H groups in total. The maximum absolute atomic E-state index is 11.6. The maximum Gasteiger partial charge on any atom is 0.237 e. The highest BCUT2D eigenvalue weighted by Crippen LogP contribution is 2.34. The van der Waals surface area contributed by atoms with Gasteiger partial charge in [-0.15, -0.1) is 0 Å². The Kier molecular flexibility index (Phi) is 4.85. The average molecular weight is 267 g/mol. The minimum atomic E-state index is -0.555. The van der Waals surface area contributed by atoms with Crippen LogP contribution < -0.4 is 11.1 Å². The number of carbonyl (C=O) groups is 1. The molecule has 0 radical (unpaired) electrons. The summed E-state index contributed by atoms with van der Waals surface area (Å²) in [7, 11) is 0. The minimum Gasteiger partial charge on any atom is -0.368 e. The van der Waals surface area contributed by atoms with Gasteiger partial charge in [0, 0.05) is 19.6 Å². The lowest BCUT2D eigenvalue weighted by Crippen LogP contribution is -2.54. The van der Waals surface area contributed by atoms with Gasteiger partial charge in [-0.1, -0.05) is 6.92 Å². The number of nitrogens with two attached hydrogens (primary N) is 1. The fraction of sp³-hybridized carbons (Fsp3) is 0.933. The van der Waals surface area contributed by atoms with Crippen molar-refractivity contribution in [2.45, 2.75) is 51.5 Å². The minimum absolute atomic E-state index is 0.229. The van der Waals surface area contributed by atoms with Crippen molar-refractivity contribution in [3.63, 3.8) is 0 Å². The molecule has 110 valence electrons. The summed E-state index contributed by atoms with van der Waals surface area (Å²) >= 11 is 0. The number of hydrogen-bond acceptors (Lipinski definition) is 3. The summed E-state index contributed by atoms with van der Waals surface area (Å²) in [5.74, 6) is 1.60. The van der Waals surface area contributed by atoms with E-state index in [2.05, 4.69) is 10.2 Å². The van der Waals surface area contributed by atoms with Crippen LogP contribution in [0.5, 0.6) is 0 Å². The van der Waals surface area contributed by atoms with Gasteiger partial charge in [0.15, 0.2) is 0 Å². The SMILES string of the molecule is CCNC(C)(CCN(CC1CC1)CC1CC1)C(N)=O. The predicted octanol–water partition coefficient (Wildman–Crippen LogP) is 1.35. The molecule has 0 heterocycles. The Labute approximate surface area is 117 Å². The van der Waals surface area contributed by atoms with Gasteiger partial charge in [-0.05, 0) is 57.4 Å². The van der Waals surface area contributed by atoms with Crippen LogP contribution in [0.3, 0.4) is 0 Å². The van der Waals surface area contributed by atoms with E-state index < -0.39 is 5.54 Å². The first-order valence-electron chi connectivity index (χ1n) is 7.81. The fourth-order valence-electron chi connectivity index (χ4n) is 2.66. The van der Waals surface area contributed by atoms with E-state index in [1.165, 1.54) is 38.8 Å². The smallest absolute Gasteiger partial charge is 0.237 e. The van der Waals surface area contributed by atoms with E-state index in [0.29, 0.717) is 0 Å². The first-order valence-corrected chi connectivity index (χ1v) is 7.81. The van der Waals surface area contributed by atoms with Crippen LogP contribution in [0.25, 0.3) is 0 Å². The van der Waals surface area contributed by atoms with Gasteiger partial charge in [0.2, 0.25) is 5.91 Å². The van der Waals surface area contributed by atoms with Gasteiger partial charge in [-0.25, -0.2) is 0 Å². The molecular formula is C15H29N3O. The van der Waals surface area contributed by atoms with Gasteiger partial charge >= 0.3 is 0 Å². The third-order valence-electron chi connectivity index (χ3n) is 4.47. The van der Waals surface area contributed by atoms with Crippen LogP contribution in [0.1, 0.15) is 46.0 Å². The van der Waals surface area contributed by atoms with Crippen LogP contribution in [0.15, 0.2) is 0 Å². The summed E-state index contributed by atoms with van der Waals surface area (Å²) in [6, 6.07) is 0. The molecule has 2 aliphatic carbocycles. The van der Waals surface area contributed by atoms with Crippen LogP contribution >= 0.6 is 0 Å². The molecule has 2 aliphatic rings. The highest BCUT2D eigenvalue weighted by molar-refractivity contribution is 5.84. The van der Waals surface area contributed by atoms with Crippen molar-refractivity contribution in [1.29, 1.82) is 0 Å². The van der Waals surface area contributed by atoms with Crippen molar-refractivity contribution in [3.05, 3.63) is 0 Å². The molecule has 0 spiro atoms. The van der Waals surface area contributed by atoms with Crippen LogP contribution in [0.2, 0.25) is 0 Å². The summed E-state index contributed by atoms with van der Waals surface area (Å²) in [6.45, 7) is 8.16. The maximum atomic E-state index is 11.6. The summed E-state index contributed by atoms with van der Waals surface area (Å²) < 4.78 is 0. The summed E-state index contributed by atoms with van der Waals surface area (Å²) in [6.07, 6.45) is 6.38. The standard InChI is InChI=1S/C15H29N3O/c1-3-17-15(2,14(16)19)8-9-18(10-12-4-5-12)11-13-6-7-13/h12-13,17H,3-11H2,1-2H3,(H2,16,19). The number of nitrogens with zero attached hydrogens (tertiary/aromatic N) is 1. The first-order chi connectivity index (χ1) is 9.03. The van der Waals surface area contributed by atoms with Crippen molar-refractivity contribution in [2.75, 3.05) is 26.2 Å². The van der Waals surface area contributed by atoms with E-state index in [9.17, 15) is 4.79 Å². The lowest BCUT2D eigenvalue weighted by Gasteiger charge is -2.31. The Bertz CT molecular complexity index is 299. The molecule has 0 aromatic rings. The van der Waals surface area contributed by atoms with E-state index >= 15 is 0 Å². The number of likely N-dealkylation sites (N-methyl/N-ethyl adjacent to an activating group) is 1. The number of hydrogen-bond donors (Lipinski definition) is 2. The Morgan fingerprint density at radius 1 is 1.26 bits per heavy atom. The Morgan fingerprint density at radius 2 is 1.79 bits per heavy atom. The molecule has 19 heavy (non-hydrogen) atoms. The Hall–Kier alpha value is -0.610. The van der Waals surface area contributed by atoms with Crippen molar-refractivity contribution in [2.24, 2.45) is 17.6 Å². The molecular weight excluding hydrogens is 238 g/mol. The zero-order valence-corrected chi connectivity index (χ0v) is 12.5. The molecule has 2 rings (SSSR count). The van der Waals surface area contributed by atoms with E-state index in [4.69, 9.17) is 5.73 Å². The van der Waals surface area contributed by atoms with Crippen molar-refractivity contribution < 1.29 is 4.79 Å². The molecule has 0 aromatic heterocycles. The zero-order valence-electron chi connectivity index (χ0n) is 12.5. The molecule has 1 unspecified atom stereocenters. The van der Waals surface area contributed by atoms with Gasteiger partial charge in [-0.3, -0.25) is 4.79 Å². The Balaban J connectivity index is 1.82. The quantitative estimate of drug-likeness (QED) is 0.628.